The van der Waals surface area contributed by atoms with Gasteiger partial charge in [0.2, 0.25) is 0 Å². The minimum atomic E-state index is -4.20. The number of carbonyl (C=O) groups excluding carboxylic acids is 1. The van der Waals surface area contributed by atoms with E-state index in [1.807, 2.05) is 0 Å². The summed E-state index contributed by atoms with van der Waals surface area (Å²) in [5.74, 6) is 0. The molecular formula is C12H20F3N3O2. The average molecular weight is 295 g/mol. The molecule has 0 aromatic rings. The summed E-state index contributed by atoms with van der Waals surface area (Å²) in [6.07, 6.45) is -1.39. The Hall–Kier alpha value is -1.02. The zero-order valence-electron chi connectivity index (χ0n) is 11.2. The number of urea groups is 1. The molecule has 1 heterocycles. The van der Waals surface area contributed by atoms with Gasteiger partial charge < -0.3 is 15.7 Å². The fraction of sp³-hybridized carbons (Fsp3) is 0.917. The van der Waals surface area contributed by atoms with Gasteiger partial charge >= 0.3 is 12.2 Å². The van der Waals surface area contributed by atoms with Crippen LogP contribution in [0.2, 0.25) is 0 Å². The standard InChI is InChI=1S/C12H20F3N3O2/c13-12(14,15)8-18-5-2-9(6-18)17-10(19)16-7-11(20)3-1-4-11/h9,20H,1-8H2,(H2,16,17,19). The summed E-state index contributed by atoms with van der Waals surface area (Å²) >= 11 is 0. The van der Waals surface area contributed by atoms with E-state index < -0.39 is 24.4 Å². The van der Waals surface area contributed by atoms with Crippen LogP contribution in [0.1, 0.15) is 25.7 Å². The van der Waals surface area contributed by atoms with Crippen LogP contribution in [0, 0.1) is 0 Å². The lowest BCUT2D eigenvalue weighted by Gasteiger charge is -2.36. The van der Waals surface area contributed by atoms with Gasteiger partial charge in [-0.25, -0.2) is 4.79 Å². The SMILES string of the molecule is O=C(NCC1(O)CCC1)NC1CCN(CC(F)(F)F)C1. The highest BCUT2D eigenvalue weighted by Gasteiger charge is 2.36. The lowest BCUT2D eigenvalue weighted by atomic mass is 9.80. The number of likely N-dealkylation sites (tertiary alicyclic amines) is 1. The largest absolute Gasteiger partial charge is 0.401 e. The second-order valence-electron chi connectivity index (χ2n) is 5.74. The van der Waals surface area contributed by atoms with Crippen molar-refractivity contribution >= 4 is 6.03 Å². The molecular weight excluding hydrogens is 275 g/mol. The summed E-state index contributed by atoms with van der Waals surface area (Å²) in [6, 6.07) is -0.697. The van der Waals surface area contributed by atoms with Crippen molar-refractivity contribution in [3.63, 3.8) is 0 Å². The molecule has 2 fully saturated rings. The molecule has 1 aliphatic carbocycles. The normalized spacial score (nSPS) is 26.1. The number of nitrogens with one attached hydrogen (secondary N) is 2. The third-order valence-electron chi connectivity index (χ3n) is 3.87. The maximum Gasteiger partial charge on any atom is 0.401 e. The Morgan fingerprint density at radius 1 is 1.40 bits per heavy atom. The smallest absolute Gasteiger partial charge is 0.388 e. The molecule has 0 aromatic heterocycles. The van der Waals surface area contributed by atoms with Crippen molar-refractivity contribution in [3.05, 3.63) is 0 Å². The minimum Gasteiger partial charge on any atom is -0.388 e. The monoisotopic (exact) mass is 295 g/mol. The van der Waals surface area contributed by atoms with Crippen molar-refractivity contribution < 1.29 is 23.1 Å². The summed E-state index contributed by atoms with van der Waals surface area (Å²) in [5, 5.41) is 15.0. The van der Waals surface area contributed by atoms with Crippen LogP contribution in [-0.2, 0) is 0 Å². The number of aliphatic hydroxyl groups is 1. The van der Waals surface area contributed by atoms with Crippen LogP contribution in [0.4, 0.5) is 18.0 Å². The molecule has 1 saturated heterocycles. The summed E-state index contributed by atoms with van der Waals surface area (Å²) in [5.41, 5.74) is -0.796. The van der Waals surface area contributed by atoms with E-state index in [1.54, 1.807) is 0 Å². The molecule has 1 unspecified atom stereocenters. The molecule has 2 aliphatic rings. The van der Waals surface area contributed by atoms with Gasteiger partial charge in [-0.15, -0.1) is 0 Å². The van der Waals surface area contributed by atoms with Crippen molar-refractivity contribution in [2.24, 2.45) is 0 Å². The minimum absolute atomic E-state index is 0.192. The predicted octanol–water partition coefficient (Wildman–Crippen LogP) is 0.837. The fourth-order valence-electron chi connectivity index (χ4n) is 2.59. The van der Waals surface area contributed by atoms with Crippen molar-refractivity contribution in [1.82, 2.24) is 15.5 Å². The fourth-order valence-corrected chi connectivity index (χ4v) is 2.59. The Labute approximate surface area is 115 Å². The lowest BCUT2D eigenvalue weighted by Crippen LogP contribution is -2.52. The Bertz CT molecular complexity index is 358. The molecule has 0 bridgehead atoms. The third kappa shape index (κ3) is 4.52. The van der Waals surface area contributed by atoms with E-state index in [0.29, 0.717) is 25.8 Å². The second-order valence-corrected chi connectivity index (χ2v) is 5.74. The maximum atomic E-state index is 12.2. The highest BCUT2D eigenvalue weighted by molar-refractivity contribution is 5.74. The molecule has 8 heteroatoms. The van der Waals surface area contributed by atoms with E-state index >= 15 is 0 Å². The van der Waals surface area contributed by atoms with Crippen LogP contribution in [0.3, 0.4) is 0 Å². The number of nitrogens with zero attached hydrogens (tertiary/aromatic N) is 1. The van der Waals surface area contributed by atoms with Gasteiger partial charge in [0.05, 0.1) is 12.1 Å². The van der Waals surface area contributed by atoms with E-state index in [1.165, 1.54) is 4.90 Å². The first-order chi connectivity index (χ1) is 9.26. The topological polar surface area (TPSA) is 64.6 Å². The zero-order chi connectivity index (χ0) is 14.8. The van der Waals surface area contributed by atoms with Crippen LogP contribution in [-0.4, -0.2) is 60.0 Å². The number of hydrogen-bond acceptors (Lipinski definition) is 3. The summed E-state index contributed by atoms with van der Waals surface area (Å²) < 4.78 is 36.7. The number of hydrogen-bond donors (Lipinski definition) is 3. The van der Waals surface area contributed by atoms with Crippen LogP contribution >= 0.6 is 0 Å². The van der Waals surface area contributed by atoms with Gasteiger partial charge in [0.25, 0.3) is 0 Å². The van der Waals surface area contributed by atoms with Crippen molar-refractivity contribution in [3.8, 4) is 0 Å². The summed E-state index contributed by atoms with van der Waals surface area (Å²) in [4.78, 5) is 12.9. The lowest BCUT2D eigenvalue weighted by molar-refractivity contribution is -0.143. The molecule has 2 rings (SSSR count). The van der Waals surface area contributed by atoms with E-state index in [0.717, 1.165) is 6.42 Å². The predicted molar refractivity (Wildman–Crippen MR) is 66.2 cm³/mol. The number of halogens is 3. The van der Waals surface area contributed by atoms with Crippen molar-refractivity contribution in [1.29, 1.82) is 0 Å². The Morgan fingerprint density at radius 2 is 2.10 bits per heavy atom. The number of amides is 2. The molecule has 20 heavy (non-hydrogen) atoms. The number of rotatable bonds is 4. The molecule has 116 valence electrons. The molecule has 0 radical (unpaired) electrons. The van der Waals surface area contributed by atoms with Crippen LogP contribution in [0.15, 0.2) is 0 Å². The van der Waals surface area contributed by atoms with Gasteiger partial charge in [-0.2, -0.15) is 13.2 Å². The quantitative estimate of drug-likeness (QED) is 0.720. The first-order valence-corrected chi connectivity index (χ1v) is 6.82. The van der Waals surface area contributed by atoms with Gasteiger partial charge in [-0.05, 0) is 25.7 Å². The first-order valence-electron chi connectivity index (χ1n) is 6.82. The van der Waals surface area contributed by atoms with Gasteiger partial charge in [0, 0.05) is 25.7 Å². The molecule has 5 nitrogen and oxygen atoms in total. The Kier molecular flexibility index (Phi) is 4.43. The zero-order valence-corrected chi connectivity index (χ0v) is 11.2. The van der Waals surface area contributed by atoms with Crippen LogP contribution in [0.25, 0.3) is 0 Å². The molecule has 1 atom stereocenters. The Balaban J connectivity index is 1.65. The Morgan fingerprint density at radius 3 is 2.65 bits per heavy atom. The summed E-state index contributed by atoms with van der Waals surface area (Å²) in [6.45, 7) is -0.212. The first kappa shape index (κ1) is 15.4. The van der Waals surface area contributed by atoms with Crippen LogP contribution < -0.4 is 10.6 Å². The van der Waals surface area contributed by atoms with Crippen LogP contribution in [0.5, 0.6) is 0 Å². The van der Waals surface area contributed by atoms with Crippen molar-refractivity contribution in [2.45, 2.75) is 43.5 Å². The molecule has 0 aromatic carbocycles. The summed E-state index contributed by atoms with van der Waals surface area (Å²) in [7, 11) is 0. The van der Waals surface area contributed by atoms with E-state index in [4.69, 9.17) is 0 Å². The maximum absolute atomic E-state index is 12.2. The van der Waals surface area contributed by atoms with E-state index in [-0.39, 0.29) is 19.1 Å². The highest BCUT2D eigenvalue weighted by Crippen LogP contribution is 2.30. The molecule has 1 aliphatic heterocycles. The second kappa shape index (κ2) is 5.77. The molecule has 3 N–H and O–H groups in total. The number of alkyl halides is 3. The average Bonchev–Trinajstić information content (AvgIpc) is 2.68. The molecule has 1 saturated carbocycles. The number of carbonyl (C=O) groups is 1. The molecule has 2 amide bonds. The van der Waals surface area contributed by atoms with E-state index in [2.05, 4.69) is 10.6 Å². The van der Waals surface area contributed by atoms with Gasteiger partial charge in [0.15, 0.2) is 0 Å². The van der Waals surface area contributed by atoms with Gasteiger partial charge in [-0.3, -0.25) is 4.90 Å². The van der Waals surface area contributed by atoms with E-state index in [9.17, 15) is 23.1 Å². The molecule has 0 spiro atoms. The van der Waals surface area contributed by atoms with Crippen molar-refractivity contribution in [2.75, 3.05) is 26.2 Å². The van der Waals surface area contributed by atoms with Gasteiger partial charge in [0.1, 0.15) is 0 Å². The third-order valence-corrected chi connectivity index (χ3v) is 3.87. The highest BCUT2D eigenvalue weighted by atomic mass is 19.4. The van der Waals surface area contributed by atoms with Gasteiger partial charge in [-0.1, -0.05) is 0 Å².